The van der Waals surface area contributed by atoms with E-state index < -0.39 is 5.41 Å². The van der Waals surface area contributed by atoms with Crippen LogP contribution in [0.1, 0.15) is 45.4 Å². The number of hydrogen-bond acceptors (Lipinski definition) is 4. The molecule has 0 N–H and O–H groups in total. The Morgan fingerprint density at radius 3 is 2.83 bits per heavy atom. The fourth-order valence-electron chi connectivity index (χ4n) is 7.87. The Kier molecular flexibility index (Phi) is 2.77. The number of carbonyl (C=O) groups is 2. The molecule has 0 aromatic heterocycles. The van der Waals surface area contributed by atoms with E-state index in [2.05, 4.69) is 13.5 Å². The molecule has 2 saturated heterocycles. The monoisotopic (exact) mass is 330 g/mol. The van der Waals surface area contributed by atoms with Gasteiger partial charge in [-0.25, -0.2) is 0 Å². The van der Waals surface area contributed by atoms with Gasteiger partial charge in [0.15, 0.2) is 0 Å². The van der Waals surface area contributed by atoms with Gasteiger partial charge in [-0.15, -0.1) is 0 Å². The lowest BCUT2D eigenvalue weighted by atomic mass is 9.55. The molecule has 0 radical (unpaired) electrons. The van der Waals surface area contributed by atoms with Gasteiger partial charge in [-0.2, -0.15) is 0 Å². The van der Waals surface area contributed by atoms with Crippen molar-refractivity contribution in [2.24, 2.45) is 40.4 Å². The van der Waals surface area contributed by atoms with E-state index in [1.165, 1.54) is 12.7 Å². The lowest BCUT2D eigenvalue weighted by Crippen LogP contribution is -2.59. The first-order chi connectivity index (χ1) is 11.5. The summed E-state index contributed by atoms with van der Waals surface area (Å²) in [4.78, 5) is 26.0. The number of carbonyl (C=O) groups excluding carboxylic acids is 2. The molecule has 130 valence electrons. The van der Waals surface area contributed by atoms with Crippen LogP contribution in [0.3, 0.4) is 0 Å². The molecule has 4 saturated carbocycles. The van der Waals surface area contributed by atoms with Gasteiger partial charge in [0.05, 0.1) is 18.4 Å². The van der Waals surface area contributed by atoms with Crippen molar-refractivity contribution in [1.82, 2.24) is 0 Å². The van der Waals surface area contributed by atoms with Crippen molar-refractivity contribution < 1.29 is 19.1 Å². The predicted octanol–water partition coefficient (Wildman–Crippen LogP) is 3.11. The van der Waals surface area contributed by atoms with Crippen molar-refractivity contribution in [3.05, 3.63) is 12.2 Å². The Morgan fingerprint density at radius 1 is 1.33 bits per heavy atom. The maximum absolute atomic E-state index is 13.1. The molecule has 4 nitrogen and oxygen atoms in total. The first-order valence-electron chi connectivity index (χ1n) is 9.42. The number of fused-ring (bicyclic) bond motifs is 3. The topological polar surface area (TPSA) is 52.6 Å². The molecule has 4 bridgehead atoms. The minimum atomic E-state index is -0.456. The second-order valence-corrected chi connectivity index (χ2v) is 9.01. The number of ether oxygens (including phenoxy) is 2. The van der Waals surface area contributed by atoms with Gasteiger partial charge < -0.3 is 9.47 Å². The van der Waals surface area contributed by atoms with Crippen molar-refractivity contribution in [3.8, 4) is 0 Å². The summed E-state index contributed by atoms with van der Waals surface area (Å²) in [7, 11) is 1.49. The third-order valence-corrected chi connectivity index (χ3v) is 8.54. The van der Waals surface area contributed by atoms with Crippen LogP contribution in [0.5, 0.6) is 0 Å². The summed E-state index contributed by atoms with van der Waals surface area (Å²) in [6.07, 6.45) is 5.87. The zero-order chi connectivity index (χ0) is 16.9. The van der Waals surface area contributed by atoms with E-state index in [0.29, 0.717) is 5.92 Å². The summed E-state index contributed by atoms with van der Waals surface area (Å²) in [5, 5.41) is 0. The Bertz CT molecular complexity index is 654. The van der Waals surface area contributed by atoms with E-state index in [4.69, 9.17) is 9.47 Å². The molecule has 0 aromatic carbocycles. The van der Waals surface area contributed by atoms with Crippen LogP contribution in [-0.4, -0.2) is 25.2 Å². The zero-order valence-corrected chi connectivity index (χ0v) is 14.5. The van der Waals surface area contributed by atoms with E-state index in [1.807, 2.05) is 0 Å². The third-order valence-electron chi connectivity index (χ3n) is 8.54. The molecule has 2 aliphatic heterocycles. The molecular formula is C20H26O4. The van der Waals surface area contributed by atoms with Crippen molar-refractivity contribution in [1.29, 1.82) is 0 Å². The number of rotatable bonds is 1. The van der Waals surface area contributed by atoms with Gasteiger partial charge in [0.25, 0.3) is 0 Å². The highest BCUT2D eigenvalue weighted by molar-refractivity contribution is 5.85. The maximum atomic E-state index is 13.1. The van der Waals surface area contributed by atoms with Crippen LogP contribution in [0.2, 0.25) is 0 Å². The normalized spacial score (nSPS) is 54.2. The average molecular weight is 330 g/mol. The van der Waals surface area contributed by atoms with E-state index in [9.17, 15) is 9.59 Å². The fraction of sp³-hybridized carbons (Fsp3) is 0.800. The number of hydrogen-bond donors (Lipinski definition) is 0. The van der Waals surface area contributed by atoms with E-state index in [-0.39, 0.29) is 47.1 Å². The van der Waals surface area contributed by atoms with Crippen LogP contribution >= 0.6 is 0 Å². The molecule has 6 fully saturated rings. The van der Waals surface area contributed by atoms with Crippen LogP contribution < -0.4 is 0 Å². The Hall–Kier alpha value is -1.32. The number of allylic oxidation sites excluding steroid dienone is 1. The molecule has 2 spiro atoms. The van der Waals surface area contributed by atoms with Crippen LogP contribution in [0.15, 0.2) is 12.2 Å². The molecule has 6 rings (SSSR count). The minimum Gasteiger partial charge on any atom is -0.469 e. The number of methoxy groups -OCH3 is 1. The highest BCUT2D eigenvalue weighted by atomic mass is 16.6. The van der Waals surface area contributed by atoms with E-state index in [0.717, 1.165) is 38.5 Å². The molecule has 0 aromatic rings. The highest BCUT2D eigenvalue weighted by Gasteiger charge is 2.78. The lowest BCUT2D eigenvalue weighted by Gasteiger charge is -2.54. The first kappa shape index (κ1) is 15.0. The highest BCUT2D eigenvalue weighted by Crippen LogP contribution is 2.77. The van der Waals surface area contributed by atoms with Gasteiger partial charge >= 0.3 is 11.9 Å². The predicted molar refractivity (Wildman–Crippen MR) is 86.7 cm³/mol. The quantitative estimate of drug-likeness (QED) is 0.547. The molecular weight excluding hydrogens is 304 g/mol. The SMILES string of the molecule is C=C1C[C@]23C[C@H]1CCC2[C@@]12CC[C@@H](OC1=O)[C@H](C)C2[C@@H]3C(=O)OC. The van der Waals surface area contributed by atoms with Crippen molar-refractivity contribution >= 4 is 11.9 Å². The third kappa shape index (κ3) is 1.40. The van der Waals surface area contributed by atoms with E-state index in [1.54, 1.807) is 0 Å². The van der Waals surface area contributed by atoms with Crippen LogP contribution in [0.25, 0.3) is 0 Å². The van der Waals surface area contributed by atoms with Crippen molar-refractivity contribution in [2.75, 3.05) is 7.11 Å². The van der Waals surface area contributed by atoms with Crippen LogP contribution in [0.4, 0.5) is 0 Å². The van der Waals surface area contributed by atoms with Crippen LogP contribution in [0, 0.1) is 40.4 Å². The van der Waals surface area contributed by atoms with Gasteiger partial charge in [0.2, 0.25) is 0 Å². The molecule has 2 heterocycles. The number of esters is 2. The molecule has 24 heavy (non-hydrogen) atoms. The summed E-state index contributed by atoms with van der Waals surface area (Å²) in [5.74, 6) is 0.810. The van der Waals surface area contributed by atoms with Gasteiger partial charge in [-0.05, 0) is 67.6 Å². The van der Waals surface area contributed by atoms with Gasteiger partial charge in [0, 0.05) is 0 Å². The fourth-order valence-corrected chi connectivity index (χ4v) is 7.87. The zero-order valence-electron chi connectivity index (χ0n) is 14.5. The molecule has 4 heteroatoms. The summed E-state index contributed by atoms with van der Waals surface area (Å²) in [5.41, 5.74) is 0.712. The summed E-state index contributed by atoms with van der Waals surface area (Å²) >= 11 is 0. The van der Waals surface area contributed by atoms with Crippen LogP contribution in [-0.2, 0) is 19.1 Å². The van der Waals surface area contributed by atoms with Gasteiger partial charge in [0.1, 0.15) is 6.10 Å². The molecule has 0 amide bonds. The van der Waals surface area contributed by atoms with Crippen molar-refractivity contribution in [3.63, 3.8) is 0 Å². The second kappa shape index (κ2) is 4.44. The second-order valence-electron chi connectivity index (χ2n) is 9.01. The summed E-state index contributed by atoms with van der Waals surface area (Å²) in [6.45, 7) is 6.50. The maximum Gasteiger partial charge on any atom is 0.312 e. The lowest BCUT2D eigenvalue weighted by molar-refractivity contribution is -0.209. The summed E-state index contributed by atoms with van der Waals surface area (Å²) < 4.78 is 11.1. The molecule has 4 aliphatic carbocycles. The average Bonchev–Trinajstić information content (AvgIpc) is 2.97. The van der Waals surface area contributed by atoms with Gasteiger partial charge in [-0.1, -0.05) is 19.1 Å². The standard InChI is InChI=1S/C20H26O4/c1-10-8-19-9-12(10)4-5-14(19)20-7-6-13(24-18(20)22)11(2)15(20)16(19)17(21)23-3/h11-16H,1,4-9H2,2-3H3/t11-,12+,13+,14?,15?,16+,19-,20+/m0/s1. The Morgan fingerprint density at radius 2 is 2.12 bits per heavy atom. The van der Waals surface area contributed by atoms with Gasteiger partial charge in [-0.3, -0.25) is 9.59 Å². The molecule has 2 unspecified atom stereocenters. The Labute approximate surface area is 143 Å². The minimum absolute atomic E-state index is 0.0198. The smallest absolute Gasteiger partial charge is 0.312 e. The largest absolute Gasteiger partial charge is 0.469 e. The summed E-state index contributed by atoms with van der Waals surface area (Å²) in [6, 6.07) is 0. The van der Waals surface area contributed by atoms with Crippen molar-refractivity contribution in [2.45, 2.75) is 51.6 Å². The molecule has 6 aliphatic rings. The first-order valence-corrected chi connectivity index (χ1v) is 9.42. The molecule has 8 atom stereocenters. The van der Waals surface area contributed by atoms with E-state index >= 15 is 0 Å². The Balaban J connectivity index is 1.74.